The van der Waals surface area contributed by atoms with E-state index >= 15 is 0 Å². The van der Waals surface area contributed by atoms with Crippen LogP contribution in [0.3, 0.4) is 0 Å². The quantitative estimate of drug-likeness (QED) is 0.604. The normalized spacial score (nSPS) is 11.2. The van der Waals surface area contributed by atoms with Crippen LogP contribution in [0, 0.1) is 10.8 Å². The maximum atomic E-state index is 7.27. The van der Waals surface area contributed by atoms with Gasteiger partial charge >= 0.3 is 0 Å². The van der Waals surface area contributed by atoms with Crippen molar-refractivity contribution in [3.8, 4) is 5.75 Å². The van der Waals surface area contributed by atoms with E-state index in [1.807, 2.05) is 0 Å². The molecule has 0 fully saturated rings. The molecule has 1 rings (SSSR count). The largest absolute Gasteiger partial charge is 0.493 e. The highest BCUT2D eigenvalue weighted by atomic mass is 16.5. The smallest absolute Gasteiger partial charge is 0.141 e. The SMILES string of the molecule is CC(C)(C)CCOc1ccnc(C(=N)N)c1. The minimum atomic E-state index is -0.0405. The first kappa shape index (κ1) is 12.5. The minimum absolute atomic E-state index is 0.0405. The monoisotopic (exact) mass is 221 g/mol. The Morgan fingerprint density at radius 1 is 1.50 bits per heavy atom. The van der Waals surface area contributed by atoms with E-state index in [1.54, 1.807) is 18.3 Å². The first-order chi connectivity index (χ1) is 7.38. The van der Waals surface area contributed by atoms with E-state index in [0.29, 0.717) is 18.1 Å². The van der Waals surface area contributed by atoms with E-state index in [2.05, 4.69) is 25.8 Å². The molecular formula is C12H19N3O. The number of nitrogen functional groups attached to an aromatic ring is 1. The Hall–Kier alpha value is -1.58. The maximum absolute atomic E-state index is 7.27. The lowest BCUT2D eigenvalue weighted by atomic mass is 9.93. The number of hydrogen-bond acceptors (Lipinski definition) is 3. The van der Waals surface area contributed by atoms with Gasteiger partial charge in [-0.2, -0.15) is 0 Å². The molecule has 1 heterocycles. The average Bonchev–Trinajstić information content (AvgIpc) is 2.16. The Kier molecular flexibility index (Phi) is 3.88. The molecule has 0 aliphatic carbocycles. The van der Waals surface area contributed by atoms with Crippen LogP contribution in [0.2, 0.25) is 0 Å². The zero-order chi connectivity index (χ0) is 12.2. The van der Waals surface area contributed by atoms with Crippen LogP contribution in [-0.2, 0) is 0 Å². The number of pyridine rings is 1. The van der Waals surface area contributed by atoms with Gasteiger partial charge in [0.25, 0.3) is 0 Å². The molecule has 0 bridgehead atoms. The Morgan fingerprint density at radius 2 is 2.19 bits per heavy atom. The highest BCUT2D eigenvalue weighted by molar-refractivity contribution is 5.93. The molecule has 4 heteroatoms. The third kappa shape index (κ3) is 4.29. The molecule has 3 N–H and O–H groups in total. The van der Waals surface area contributed by atoms with E-state index in [9.17, 15) is 0 Å². The van der Waals surface area contributed by atoms with E-state index < -0.39 is 0 Å². The van der Waals surface area contributed by atoms with Crippen molar-refractivity contribution >= 4 is 5.84 Å². The van der Waals surface area contributed by atoms with Crippen LogP contribution in [0.4, 0.5) is 0 Å². The summed E-state index contributed by atoms with van der Waals surface area (Å²) in [5.74, 6) is 0.672. The molecule has 0 aromatic carbocycles. The summed E-state index contributed by atoms with van der Waals surface area (Å²) >= 11 is 0. The van der Waals surface area contributed by atoms with Crippen molar-refractivity contribution in [2.24, 2.45) is 11.1 Å². The van der Waals surface area contributed by atoms with E-state index in [-0.39, 0.29) is 11.3 Å². The second-order valence-electron chi connectivity index (χ2n) is 4.95. The number of rotatable bonds is 4. The molecule has 0 saturated heterocycles. The van der Waals surface area contributed by atoms with Gasteiger partial charge in [-0.05, 0) is 17.9 Å². The summed E-state index contributed by atoms with van der Waals surface area (Å²) in [6.45, 7) is 7.17. The number of nitrogens with one attached hydrogen (secondary N) is 1. The van der Waals surface area contributed by atoms with Crippen LogP contribution in [0.25, 0.3) is 0 Å². The van der Waals surface area contributed by atoms with Crippen molar-refractivity contribution in [2.75, 3.05) is 6.61 Å². The number of amidine groups is 1. The Labute approximate surface area is 96.3 Å². The van der Waals surface area contributed by atoms with Crippen molar-refractivity contribution in [1.82, 2.24) is 4.98 Å². The Balaban J connectivity index is 2.55. The van der Waals surface area contributed by atoms with Crippen LogP contribution < -0.4 is 10.5 Å². The van der Waals surface area contributed by atoms with Crippen LogP contribution in [0.1, 0.15) is 32.9 Å². The fraction of sp³-hybridized carbons (Fsp3) is 0.500. The molecule has 1 aromatic heterocycles. The lowest BCUT2D eigenvalue weighted by molar-refractivity contribution is 0.243. The lowest BCUT2D eigenvalue weighted by Gasteiger charge is -2.18. The fourth-order valence-corrected chi connectivity index (χ4v) is 1.12. The molecule has 0 aliphatic heterocycles. The van der Waals surface area contributed by atoms with Gasteiger partial charge in [0, 0.05) is 12.3 Å². The van der Waals surface area contributed by atoms with Gasteiger partial charge < -0.3 is 10.5 Å². The van der Waals surface area contributed by atoms with Crippen molar-refractivity contribution in [2.45, 2.75) is 27.2 Å². The molecule has 0 radical (unpaired) electrons. The third-order valence-electron chi connectivity index (χ3n) is 2.13. The highest BCUT2D eigenvalue weighted by Crippen LogP contribution is 2.19. The molecule has 0 atom stereocenters. The first-order valence-corrected chi connectivity index (χ1v) is 5.32. The summed E-state index contributed by atoms with van der Waals surface area (Å²) in [5, 5.41) is 7.27. The van der Waals surface area contributed by atoms with Gasteiger partial charge in [-0.3, -0.25) is 10.4 Å². The average molecular weight is 221 g/mol. The van der Waals surface area contributed by atoms with E-state index in [0.717, 1.165) is 6.42 Å². The Bertz CT molecular complexity index is 369. The maximum Gasteiger partial charge on any atom is 0.141 e. The first-order valence-electron chi connectivity index (χ1n) is 5.32. The number of aromatic nitrogens is 1. The molecule has 0 unspecified atom stereocenters. The van der Waals surface area contributed by atoms with Gasteiger partial charge in [0.05, 0.1) is 6.61 Å². The fourth-order valence-electron chi connectivity index (χ4n) is 1.12. The summed E-state index contributed by atoms with van der Waals surface area (Å²) in [6, 6.07) is 3.46. The minimum Gasteiger partial charge on any atom is -0.493 e. The Morgan fingerprint density at radius 3 is 2.75 bits per heavy atom. The van der Waals surface area contributed by atoms with Crippen LogP contribution in [0.5, 0.6) is 5.75 Å². The molecule has 0 amide bonds. The van der Waals surface area contributed by atoms with Gasteiger partial charge in [0.2, 0.25) is 0 Å². The zero-order valence-corrected chi connectivity index (χ0v) is 10.1. The molecule has 0 aliphatic rings. The van der Waals surface area contributed by atoms with E-state index in [4.69, 9.17) is 15.9 Å². The number of nitrogens with two attached hydrogens (primary N) is 1. The van der Waals surface area contributed by atoms with Crippen molar-refractivity contribution in [1.29, 1.82) is 5.41 Å². The molecule has 0 spiro atoms. The number of ether oxygens (including phenoxy) is 1. The highest BCUT2D eigenvalue weighted by Gasteiger charge is 2.10. The van der Waals surface area contributed by atoms with Crippen molar-refractivity contribution in [3.05, 3.63) is 24.0 Å². The summed E-state index contributed by atoms with van der Waals surface area (Å²) in [5.41, 5.74) is 6.06. The van der Waals surface area contributed by atoms with Crippen molar-refractivity contribution < 1.29 is 4.74 Å². The standard InChI is InChI=1S/C12H19N3O/c1-12(2,3)5-7-16-9-4-6-15-10(8-9)11(13)14/h4,6,8H,5,7H2,1-3H3,(H3,13,14). The van der Waals surface area contributed by atoms with Crippen molar-refractivity contribution in [3.63, 3.8) is 0 Å². The van der Waals surface area contributed by atoms with Gasteiger partial charge in [-0.15, -0.1) is 0 Å². The molecule has 0 saturated carbocycles. The topological polar surface area (TPSA) is 72.0 Å². The molecule has 1 aromatic rings. The molecular weight excluding hydrogens is 202 g/mol. The van der Waals surface area contributed by atoms with Gasteiger partial charge in [0.1, 0.15) is 17.3 Å². The second kappa shape index (κ2) is 4.96. The third-order valence-corrected chi connectivity index (χ3v) is 2.13. The second-order valence-corrected chi connectivity index (χ2v) is 4.95. The molecule has 16 heavy (non-hydrogen) atoms. The molecule has 88 valence electrons. The predicted octanol–water partition coefficient (Wildman–Crippen LogP) is 2.18. The van der Waals surface area contributed by atoms with Crippen LogP contribution >= 0.6 is 0 Å². The molecule has 4 nitrogen and oxygen atoms in total. The zero-order valence-electron chi connectivity index (χ0n) is 10.1. The lowest BCUT2D eigenvalue weighted by Crippen LogP contribution is -2.14. The van der Waals surface area contributed by atoms with Gasteiger partial charge in [-0.25, -0.2) is 0 Å². The van der Waals surface area contributed by atoms with Crippen LogP contribution in [-0.4, -0.2) is 17.4 Å². The summed E-state index contributed by atoms with van der Waals surface area (Å²) in [4.78, 5) is 3.97. The summed E-state index contributed by atoms with van der Waals surface area (Å²) in [6.07, 6.45) is 2.58. The van der Waals surface area contributed by atoms with Gasteiger partial charge in [-0.1, -0.05) is 20.8 Å². The van der Waals surface area contributed by atoms with E-state index in [1.165, 1.54) is 0 Å². The van der Waals surface area contributed by atoms with Gasteiger partial charge in [0.15, 0.2) is 0 Å². The number of hydrogen-bond donors (Lipinski definition) is 2. The number of nitrogens with zero attached hydrogens (tertiary/aromatic N) is 1. The predicted molar refractivity (Wildman–Crippen MR) is 64.8 cm³/mol. The summed E-state index contributed by atoms with van der Waals surface area (Å²) < 4.78 is 5.58. The summed E-state index contributed by atoms with van der Waals surface area (Å²) in [7, 11) is 0. The van der Waals surface area contributed by atoms with Crippen LogP contribution in [0.15, 0.2) is 18.3 Å².